The van der Waals surface area contributed by atoms with E-state index in [-0.39, 0.29) is 11.2 Å². The van der Waals surface area contributed by atoms with E-state index in [0.29, 0.717) is 0 Å². The third-order valence-electron chi connectivity index (χ3n) is 3.74. The first kappa shape index (κ1) is 20.1. The summed E-state index contributed by atoms with van der Waals surface area (Å²) in [7, 11) is 1.36. The monoisotopic (exact) mass is 316 g/mol. The van der Waals surface area contributed by atoms with Crippen LogP contribution in [0.5, 0.6) is 0 Å². The molecule has 1 unspecified atom stereocenters. The number of rotatable bonds is 8. The number of carbonyl (C=O) groups is 1. The summed E-state index contributed by atoms with van der Waals surface area (Å²) in [5.74, 6) is -0.270. The molecule has 0 aliphatic carbocycles. The van der Waals surface area contributed by atoms with Crippen LogP contribution in [0.2, 0.25) is 0 Å². The Morgan fingerprint density at radius 2 is 1.81 bits per heavy atom. The Labute approximate surface area is 131 Å². The maximum atomic E-state index is 11.9. The zero-order valence-corrected chi connectivity index (χ0v) is 15.0. The summed E-state index contributed by atoms with van der Waals surface area (Å²) >= 11 is -1.40. The van der Waals surface area contributed by atoms with Crippen molar-refractivity contribution in [1.29, 1.82) is 0 Å². The minimum absolute atomic E-state index is 0.171. The van der Waals surface area contributed by atoms with Crippen LogP contribution in [0.1, 0.15) is 48.0 Å². The highest BCUT2D eigenvalue weighted by Gasteiger charge is 2.38. The highest BCUT2D eigenvalue weighted by atomic mass is 32.2. The summed E-state index contributed by atoms with van der Waals surface area (Å²) in [6, 6.07) is 0. The molecule has 122 valence electrons. The fraction of sp³-hybridized carbons (Fsp3) is 0.688. The maximum Gasteiger partial charge on any atom is 0.331 e. The van der Waals surface area contributed by atoms with E-state index < -0.39 is 22.7 Å². The van der Waals surface area contributed by atoms with Crippen molar-refractivity contribution < 1.29 is 17.9 Å². The molecule has 0 aromatic heterocycles. The average Bonchev–Trinajstić information content (AvgIpc) is 2.36. The lowest BCUT2D eigenvalue weighted by atomic mass is 9.75. The van der Waals surface area contributed by atoms with E-state index in [1.54, 1.807) is 0 Å². The predicted molar refractivity (Wildman–Crippen MR) is 87.2 cm³/mol. The number of hydrogen-bond donors (Lipinski definition) is 0. The Balaban J connectivity index is 4.80. The largest absolute Gasteiger partial charge is 0.456 e. The topological polar surface area (TPSA) is 52.6 Å². The Morgan fingerprint density at radius 3 is 2.29 bits per heavy atom. The van der Waals surface area contributed by atoms with E-state index in [4.69, 9.17) is 4.74 Å². The first-order valence-corrected chi connectivity index (χ1v) is 8.30. The van der Waals surface area contributed by atoms with Gasteiger partial charge in [0.1, 0.15) is 5.60 Å². The third kappa shape index (κ3) is 7.05. The van der Waals surface area contributed by atoms with Gasteiger partial charge in [-0.15, -0.1) is 0 Å². The SMILES string of the molecule is CC/C(C)=C\C(C)(C)C(C)(C)OC(=O)/C=C/CS(=O)OC. The van der Waals surface area contributed by atoms with Crippen LogP contribution in [-0.4, -0.2) is 28.6 Å². The van der Waals surface area contributed by atoms with Gasteiger partial charge in [0.15, 0.2) is 11.1 Å². The second kappa shape index (κ2) is 8.49. The Kier molecular flexibility index (Phi) is 8.11. The van der Waals surface area contributed by atoms with Crippen LogP contribution in [0.4, 0.5) is 0 Å². The van der Waals surface area contributed by atoms with E-state index in [1.165, 1.54) is 24.8 Å². The molecule has 0 amide bonds. The maximum absolute atomic E-state index is 11.9. The summed E-state index contributed by atoms with van der Waals surface area (Å²) in [4.78, 5) is 11.9. The molecule has 0 radical (unpaired) electrons. The molecule has 0 aromatic carbocycles. The molecule has 0 rings (SSSR count). The van der Waals surface area contributed by atoms with Crippen LogP contribution < -0.4 is 0 Å². The first-order valence-electron chi connectivity index (χ1n) is 7.06. The number of hydrogen-bond acceptors (Lipinski definition) is 4. The van der Waals surface area contributed by atoms with E-state index in [1.807, 2.05) is 27.7 Å². The van der Waals surface area contributed by atoms with E-state index in [0.717, 1.165) is 6.42 Å². The molecule has 0 spiro atoms. The van der Waals surface area contributed by atoms with E-state index >= 15 is 0 Å². The zero-order chi connectivity index (χ0) is 16.7. The molecule has 21 heavy (non-hydrogen) atoms. The molecule has 0 fully saturated rings. The normalized spacial score (nSPS) is 15.3. The summed E-state index contributed by atoms with van der Waals surface area (Å²) in [5, 5.41) is 0. The van der Waals surface area contributed by atoms with Crippen molar-refractivity contribution in [2.45, 2.75) is 53.6 Å². The molecule has 0 aliphatic heterocycles. The molecule has 0 aromatic rings. The minimum atomic E-state index is -1.40. The zero-order valence-electron chi connectivity index (χ0n) is 14.2. The lowest BCUT2D eigenvalue weighted by Crippen LogP contribution is -2.42. The van der Waals surface area contributed by atoms with Gasteiger partial charge in [-0.1, -0.05) is 38.5 Å². The van der Waals surface area contributed by atoms with Gasteiger partial charge in [-0.3, -0.25) is 4.18 Å². The van der Waals surface area contributed by atoms with Gasteiger partial charge in [0.2, 0.25) is 0 Å². The molecule has 5 heteroatoms. The Hall–Kier alpha value is -0.940. The molecule has 0 bridgehead atoms. The molecular weight excluding hydrogens is 288 g/mol. The summed E-state index contributed by atoms with van der Waals surface area (Å²) in [6.45, 7) is 12.0. The van der Waals surface area contributed by atoms with Gasteiger partial charge < -0.3 is 4.74 Å². The summed E-state index contributed by atoms with van der Waals surface area (Å²) < 4.78 is 21.2. The van der Waals surface area contributed by atoms with Gasteiger partial charge in [0.25, 0.3) is 0 Å². The van der Waals surface area contributed by atoms with E-state index in [2.05, 4.69) is 24.1 Å². The van der Waals surface area contributed by atoms with Gasteiger partial charge in [0, 0.05) is 11.5 Å². The quantitative estimate of drug-likeness (QED) is 0.390. The van der Waals surface area contributed by atoms with Crippen molar-refractivity contribution >= 4 is 17.0 Å². The fourth-order valence-electron chi connectivity index (χ4n) is 1.60. The number of esters is 1. The lowest BCUT2D eigenvalue weighted by Gasteiger charge is -2.39. The number of allylic oxidation sites excluding steroid dienone is 1. The van der Waals surface area contributed by atoms with Crippen LogP contribution in [0.3, 0.4) is 0 Å². The minimum Gasteiger partial charge on any atom is -0.456 e. The van der Waals surface area contributed by atoms with E-state index in [9.17, 15) is 9.00 Å². The number of ether oxygens (including phenoxy) is 1. The first-order chi connectivity index (χ1) is 9.55. The van der Waals surface area contributed by atoms with Crippen LogP contribution in [0.25, 0.3) is 0 Å². The highest BCUT2D eigenvalue weighted by molar-refractivity contribution is 7.80. The van der Waals surface area contributed by atoms with Gasteiger partial charge >= 0.3 is 5.97 Å². The molecule has 0 saturated carbocycles. The standard InChI is InChI=1S/C16H28O4S/c1-8-13(2)12-15(3,4)16(5,6)20-14(17)10-9-11-21(18)19-7/h9-10,12H,8,11H2,1-7H3/b10-9+,13-12-. The average molecular weight is 316 g/mol. The molecule has 0 saturated heterocycles. The van der Waals surface area contributed by atoms with Crippen LogP contribution in [-0.2, 0) is 24.8 Å². The summed E-state index contributed by atoms with van der Waals surface area (Å²) in [6.07, 6.45) is 5.91. The highest BCUT2D eigenvalue weighted by Crippen LogP contribution is 2.36. The third-order valence-corrected chi connectivity index (χ3v) is 4.58. The fourth-order valence-corrected chi connectivity index (χ4v) is 1.99. The van der Waals surface area contributed by atoms with Crippen molar-refractivity contribution in [3.63, 3.8) is 0 Å². The molecule has 0 N–H and O–H groups in total. The van der Waals surface area contributed by atoms with Crippen molar-refractivity contribution in [1.82, 2.24) is 0 Å². The second-order valence-corrected chi connectivity index (χ2v) is 7.31. The van der Waals surface area contributed by atoms with Crippen molar-refractivity contribution in [2.24, 2.45) is 5.41 Å². The van der Waals surface area contributed by atoms with Crippen molar-refractivity contribution in [3.05, 3.63) is 23.8 Å². The van der Waals surface area contributed by atoms with Crippen molar-refractivity contribution in [3.8, 4) is 0 Å². The predicted octanol–water partition coefficient (Wildman–Crippen LogP) is 3.56. The molecule has 0 aliphatic rings. The molecular formula is C16H28O4S. The Morgan fingerprint density at radius 1 is 1.24 bits per heavy atom. The molecule has 1 atom stereocenters. The number of carbonyl (C=O) groups excluding carboxylic acids is 1. The Bertz CT molecular complexity index is 434. The van der Waals surface area contributed by atoms with Gasteiger partial charge in [-0.2, -0.15) is 0 Å². The van der Waals surface area contributed by atoms with Crippen LogP contribution in [0.15, 0.2) is 23.8 Å². The van der Waals surface area contributed by atoms with Crippen LogP contribution >= 0.6 is 0 Å². The van der Waals surface area contributed by atoms with Gasteiger partial charge in [0.05, 0.1) is 12.9 Å². The van der Waals surface area contributed by atoms with Crippen LogP contribution in [0, 0.1) is 5.41 Å². The molecule has 0 heterocycles. The van der Waals surface area contributed by atoms with Gasteiger partial charge in [-0.25, -0.2) is 9.00 Å². The second-order valence-electron chi connectivity index (χ2n) is 6.04. The summed E-state index contributed by atoms with van der Waals surface area (Å²) in [5.41, 5.74) is 0.326. The smallest absolute Gasteiger partial charge is 0.331 e. The van der Waals surface area contributed by atoms with Gasteiger partial charge in [-0.05, 0) is 27.2 Å². The molecule has 4 nitrogen and oxygen atoms in total. The lowest BCUT2D eigenvalue weighted by molar-refractivity contribution is -0.158. The van der Waals surface area contributed by atoms with Crippen molar-refractivity contribution in [2.75, 3.05) is 12.9 Å².